The quantitative estimate of drug-likeness (QED) is 0.696. The second-order valence-corrected chi connectivity index (χ2v) is 5.55. The Balaban J connectivity index is 1.89. The van der Waals surface area contributed by atoms with E-state index < -0.39 is 0 Å². The number of carbonyl (C=O) groups is 1. The van der Waals surface area contributed by atoms with Crippen LogP contribution in [-0.2, 0) is 4.79 Å². The summed E-state index contributed by atoms with van der Waals surface area (Å²) in [5, 5.41) is 6.53. The van der Waals surface area contributed by atoms with E-state index in [1.807, 2.05) is 36.4 Å². The number of ether oxygens (including phenoxy) is 1. The summed E-state index contributed by atoms with van der Waals surface area (Å²) in [6.07, 6.45) is 2.05. The lowest BCUT2D eigenvalue weighted by Crippen LogP contribution is -2.22. The second kappa shape index (κ2) is 9.06. The molecular weight excluding hydrogens is 312 g/mol. The zero-order chi connectivity index (χ0) is 16.5. The maximum atomic E-state index is 12.1. The first-order chi connectivity index (χ1) is 11.2. The van der Waals surface area contributed by atoms with Gasteiger partial charge < -0.3 is 15.4 Å². The Labute approximate surface area is 141 Å². The average Bonchev–Trinajstić information content (AvgIpc) is 2.55. The summed E-state index contributed by atoms with van der Waals surface area (Å²) in [5.41, 5.74) is 1.49. The topological polar surface area (TPSA) is 50.4 Å². The van der Waals surface area contributed by atoms with E-state index in [1.54, 1.807) is 12.1 Å². The van der Waals surface area contributed by atoms with Crippen molar-refractivity contribution < 1.29 is 9.53 Å². The van der Waals surface area contributed by atoms with Gasteiger partial charge in [0.2, 0.25) is 5.91 Å². The number of nitrogens with one attached hydrogen (secondary N) is 2. The second-order valence-electron chi connectivity index (χ2n) is 5.11. The molecule has 0 saturated carbocycles. The van der Waals surface area contributed by atoms with Gasteiger partial charge in [-0.3, -0.25) is 4.79 Å². The number of carbonyl (C=O) groups excluding carboxylic acids is 1. The van der Waals surface area contributed by atoms with Crippen molar-refractivity contribution >= 4 is 28.9 Å². The smallest absolute Gasteiger partial charge is 0.243 e. The van der Waals surface area contributed by atoms with Gasteiger partial charge in [0, 0.05) is 10.7 Å². The predicted molar refractivity (Wildman–Crippen MR) is 95.4 cm³/mol. The number of anilines is 2. The van der Waals surface area contributed by atoms with Crippen molar-refractivity contribution in [1.29, 1.82) is 0 Å². The molecule has 0 aliphatic heterocycles. The molecule has 23 heavy (non-hydrogen) atoms. The SMILES string of the molecule is CCCCOc1ccccc1NC(=O)CNc1cccc(Cl)c1. The molecule has 0 aliphatic carbocycles. The lowest BCUT2D eigenvalue weighted by atomic mass is 10.3. The molecule has 0 unspecified atom stereocenters. The molecule has 4 nitrogen and oxygen atoms in total. The molecule has 0 saturated heterocycles. The van der Waals surface area contributed by atoms with E-state index in [0.717, 1.165) is 18.5 Å². The summed E-state index contributed by atoms with van der Waals surface area (Å²) >= 11 is 5.91. The van der Waals surface area contributed by atoms with Gasteiger partial charge in [-0.25, -0.2) is 0 Å². The standard InChI is InChI=1S/C18H21ClN2O2/c1-2-3-11-23-17-10-5-4-9-16(17)21-18(22)13-20-15-8-6-7-14(19)12-15/h4-10,12,20H,2-3,11,13H2,1H3,(H,21,22). The zero-order valence-corrected chi connectivity index (χ0v) is 13.9. The van der Waals surface area contributed by atoms with E-state index in [4.69, 9.17) is 16.3 Å². The third-order valence-corrected chi connectivity index (χ3v) is 3.43. The molecular formula is C18H21ClN2O2. The van der Waals surface area contributed by atoms with Gasteiger partial charge in [-0.15, -0.1) is 0 Å². The lowest BCUT2D eigenvalue weighted by molar-refractivity contribution is -0.114. The lowest BCUT2D eigenvalue weighted by Gasteiger charge is -2.13. The molecule has 0 aromatic heterocycles. The number of hydrogen-bond acceptors (Lipinski definition) is 3. The highest BCUT2D eigenvalue weighted by molar-refractivity contribution is 6.30. The molecule has 0 spiro atoms. The van der Waals surface area contributed by atoms with Crippen LogP contribution < -0.4 is 15.4 Å². The summed E-state index contributed by atoms with van der Waals surface area (Å²) in [4.78, 5) is 12.1. The molecule has 2 N–H and O–H groups in total. The minimum atomic E-state index is -0.142. The monoisotopic (exact) mass is 332 g/mol. The van der Waals surface area contributed by atoms with Gasteiger partial charge in [0.05, 0.1) is 18.8 Å². The molecule has 2 aromatic rings. The van der Waals surface area contributed by atoms with Crippen molar-refractivity contribution in [2.75, 3.05) is 23.8 Å². The summed E-state index contributed by atoms with van der Waals surface area (Å²) in [6, 6.07) is 14.7. The number of unbranched alkanes of at least 4 members (excludes halogenated alkanes) is 1. The Morgan fingerprint density at radius 3 is 2.78 bits per heavy atom. The van der Waals surface area contributed by atoms with Crippen LogP contribution in [0.15, 0.2) is 48.5 Å². The van der Waals surface area contributed by atoms with Gasteiger partial charge in [-0.2, -0.15) is 0 Å². The minimum Gasteiger partial charge on any atom is -0.491 e. The van der Waals surface area contributed by atoms with Gasteiger partial charge in [0.15, 0.2) is 0 Å². The zero-order valence-electron chi connectivity index (χ0n) is 13.1. The molecule has 0 aliphatic rings. The first kappa shape index (κ1) is 17.2. The minimum absolute atomic E-state index is 0.142. The highest BCUT2D eigenvalue weighted by Crippen LogP contribution is 2.24. The molecule has 1 amide bonds. The summed E-state index contributed by atoms with van der Waals surface area (Å²) in [7, 11) is 0. The van der Waals surface area contributed by atoms with Crippen LogP contribution >= 0.6 is 11.6 Å². The Morgan fingerprint density at radius 2 is 2.00 bits per heavy atom. The van der Waals surface area contributed by atoms with Crippen LogP contribution in [0.3, 0.4) is 0 Å². The van der Waals surface area contributed by atoms with Crippen molar-refractivity contribution in [3.63, 3.8) is 0 Å². The Bertz CT molecular complexity index is 646. The number of hydrogen-bond donors (Lipinski definition) is 2. The van der Waals surface area contributed by atoms with E-state index >= 15 is 0 Å². The van der Waals surface area contributed by atoms with E-state index in [9.17, 15) is 4.79 Å². The average molecular weight is 333 g/mol. The fraction of sp³-hybridized carbons (Fsp3) is 0.278. The third-order valence-electron chi connectivity index (χ3n) is 3.19. The van der Waals surface area contributed by atoms with Crippen molar-refractivity contribution in [1.82, 2.24) is 0 Å². The van der Waals surface area contributed by atoms with Crippen LogP contribution in [0.2, 0.25) is 5.02 Å². The van der Waals surface area contributed by atoms with Gasteiger partial charge in [0.1, 0.15) is 5.75 Å². The highest BCUT2D eigenvalue weighted by Gasteiger charge is 2.07. The number of rotatable bonds is 8. The van der Waals surface area contributed by atoms with Crippen LogP contribution in [0, 0.1) is 0 Å². The fourth-order valence-corrected chi connectivity index (χ4v) is 2.19. The summed E-state index contributed by atoms with van der Waals surface area (Å²) in [5.74, 6) is 0.550. The van der Waals surface area contributed by atoms with Crippen LogP contribution in [-0.4, -0.2) is 19.1 Å². The van der Waals surface area contributed by atoms with Gasteiger partial charge in [-0.05, 0) is 36.8 Å². The molecule has 0 heterocycles. The van der Waals surface area contributed by atoms with Crippen molar-refractivity contribution in [3.8, 4) is 5.75 Å². The van der Waals surface area contributed by atoms with Gasteiger partial charge >= 0.3 is 0 Å². The van der Waals surface area contributed by atoms with Crippen molar-refractivity contribution in [2.24, 2.45) is 0 Å². The van der Waals surface area contributed by atoms with Gasteiger partial charge in [-0.1, -0.05) is 43.1 Å². The summed E-state index contributed by atoms with van der Waals surface area (Å²) in [6.45, 7) is 2.91. The van der Waals surface area contributed by atoms with Crippen molar-refractivity contribution in [3.05, 3.63) is 53.6 Å². The van der Waals surface area contributed by atoms with Crippen LogP contribution in [0.25, 0.3) is 0 Å². The normalized spacial score (nSPS) is 10.2. The number of amides is 1. The van der Waals surface area contributed by atoms with Gasteiger partial charge in [0.25, 0.3) is 0 Å². The number of para-hydroxylation sites is 2. The van der Waals surface area contributed by atoms with Crippen molar-refractivity contribution in [2.45, 2.75) is 19.8 Å². The molecule has 0 radical (unpaired) electrons. The Morgan fingerprint density at radius 1 is 1.17 bits per heavy atom. The Kier molecular flexibility index (Phi) is 6.76. The van der Waals surface area contributed by atoms with E-state index in [0.29, 0.717) is 23.1 Å². The van der Waals surface area contributed by atoms with Crippen LogP contribution in [0.1, 0.15) is 19.8 Å². The van der Waals surface area contributed by atoms with E-state index in [-0.39, 0.29) is 12.5 Å². The summed E-state index contributed by atoms with van der Waals surface area (Å²) < 4.78 is 5.70. The largest absolute Gasteiger partial charge is 0.491 e. The molecule has 2 rings (SSSR count). The number of halogens is 1. The molecule has 0 bridgehead atoms. The predicted octanol–water partition coefficient (Wildman–Crippen LogP) is 4.57. The Hall–Kier alpha value is -2.20. The van der Waals surface area contributed by atoms with E-state index in [2.05, 4.69) is 17.6 Å². The molecule has 5 heteroatoms. The first-order valence-corrected chi connectivity index (χ1v) is 8.08. The molecule has 122 valence electrons. The maximum absolute atomic E-state index is 12.1. The van der Waals surface area contributed by atoms with E-state index in [1.165, 1.54) is 0 Å². The molecule has 0 fully saturated rings. The third kappa shape index (κ3) is 5.83. The van der Waals surface area contributed by atoms with Crippen LogP contribution in [0.5, 0.6) is 5.75 Å². The highest BCUT2D eigenvalue weighted by atomic mass is 35.5. The molecule has 0 atom stereocenters. The molecule has 2 aromatic carbocycles. The van der Waals surface area contributed by atoms with Crippen LogP contribution in [0.4, 0.5) is 11.4 Å². The first-order valence-electron chi connectivity index (χ1n) is 7.70. The fourth-order valence-electron chi connectivity index (χ4n) is 2.00. The maximum Gasteiger partial charge on any atom is 0.243 e. The number of benzene rings is 2.